The third-order valence-corrected chi connectivity index (χ3v) is 4.29. The fraction of sp³-hybridized carbons (Fsp3) is 0.579. The predicted octanol–water partition coefficient (Wildman–Crippen LogP) is 3.15. The van der Waals surface area contributed by atoms with Crippen LogP contribution in [0.2, 0.25) is 0 Å². The summed E-state index contributed by atoms with van der Waals surface area (Å²) < 4.78 is 13.2. The van der Waals surface area contributed by atoms with Gasteiger partial charge in [0, 0.05) is 32.6 Å². The molecule has 1 aliphatic rings. The fourth-order valence-corrected chi connectivity index (χ4v) is 3.01. The van der Waals surface area contributed by atoms with Crippen LogP contribution in [0.4, 0.5) is 4.39 Å². The molecule has 0 aliphatic carbocycles. The Morgan fingerprint density at radius 3 is 2.88 bits per heavy atom. The summed E-state index contributed by atoms with van der Waals surface area (Å²) in [5.41, 5.74) is 0.815. The Bertz CT molecular complexity index is 597. The van der Waals surface area contributed by atoms with Crippen LogP contribution >= 0.6 is 24.0 Å². The highest BCUT2D eigenvalue weighted by Gasteiger charge is 2.20. The van der Waals surface area contributed by atoms with Crippen molar-refractivity contribution in [3.63, 3.8) is 0 Å². The van der Waals surface area contributed by atoms with Crippen molar-refractivity contribution in [3.8, 4) is 0 Å². The maximum Gasteiger partial charge on any atom is 0.224 e. The Hall–Kier alpha value is -1.38. The lowest BCUT2D eigenvalue weighted by Crippen LogP contribution is -2.42. The molecule has 146 valence electrons. The lowest BCUT2D eigenvalue weighted by Gasteiger charge is -2.31. The van der Waals surface area contributed by atoms with Gasteiger partial charge in [0.1, 0.15) is 5.82 Å². The zero-order chi connectivity index (χ0) is 18.1. The van der Waals surface area contributed by atoms with Crippen LogP contribution in [0.3, 0.4) is 0 Å². The number of carbonyl (C=O) groups excluding carboxylic acids is 1. The van der Waals surface area contributed by atoms with Crippen molar-refractivity contribution in [2.75, 3.05) is 26.2 Å². The number of amides is 1. The average Bonchev–Trinajstić information content (AvgIpc) is 2.59. The van der Waals surface area contributed by atoms with Gasteiger partial charge >= 0.3 is 0 Å². The van der Waals surface area contributed by atoms with Crippen molar-refractivity contribution in [2.45, 2.75) is 39.7 Å². The molecule has 0 aromatic heterocycles. The van der Waals surface area contributed by atoms with E-state index in [4.69, 9.17) is 0 Å². The number of likely N-dealkylation sites (tertiary alicyclic amines) is 1. The smallest absolute Gasteiger partial charge is 0.224 e. The predicted molar refractivity (Wildman–Crippen MR) is 114 cm³/mol. The summed E-state index contributed by atoms with van der Waals surface area (Å²) in [5, 5.41) is 6.33. The van der Waals surface area contributed by atoms with E-state index in [1.807, 2.05) is 17.9 Å². The second-order valence-electron chi connectivity index (χ2n) is 6.59. The van der Waals surface area contributed by atoms with E-state index >= 15 is 0 Å². The highest BCUT2D eigenvalue weighted by molar-refractivity contribution is 14.0. The number of aliphatic imine (C=N–C) groups is 1. The third-order valence-electron chi connectivity index (χ3n) is 4.29. The largest absolute Gasteiger partial charge is 0.357 e. The van der Waals surface area contributed by atoms with Crippen LogP contribution in [0.1, 0.15) is 38.7 Å². The first-order chi connectivity index (χ1) is 12.1. The minimum absolute atomic E-state index is 0. The molecule has 1 saturated heterocycles. The molecule has 1 atom stereocenters. The zero-order valence-corrected chi connectivity index (χ0v) is 18.0. The molecule has 1 aliphatic heterocycles. The number of piperidine rings is 1. The normalized spacial score (nSPS) is 17.4. The molecule has 0 spiro atoms. The van der Waals surface area contributed by atoms with E-state index in [0.29, 0.717) is 31.4 Å². The van der Waals surface area contributed by atoms with E-state index in [-0.39, 0.29) is 35.7 Å². The molecule has 1 aromatic carbocycles. The van der Waals surface area contributed by atoms with Gasteiger partial charge in [0.2, 0.25) is 5.91 Å². The zero-order valence-electron chi connectivity index (χ0n) is 15.6. The van der Waals surface area contributed by atoms with Gasteiger partial charge in [-0.3, -0.25) is 4.79 Å². The number of nitrogens with one attached hydrogen (secondary N) is 2. The van der Waals surface area contributed by atoms with Crippen LogP contribution in [0.25, 0.3) is 0 Å². The van der Waals surface area contributed by atoms with Crippen molar-refractivity contribution < 1.29 is 9.18 Å². The van der Waals surface area contributed by atoms with Gasteiger partial charge in [0.15, 0.2) is 5.96 Å². The van der Waals surface area contributed by atoms with E-state index in [1.54, 1.807) is 6.07 Å². The second kappa shape index (κ2) is 12.1. The number of rotatable bonds is 6. The van der Waals surface area contributed by atoms with Gasteiger partial charge < -0.3 is 15.5 Å². The molecule has 5 nitrogen and oxygen atoms in total. The Balaban J connectivity index is 0.00000338. The van der Waals surface area contributed by atoms with Crippen molar-refractivity contribution >= 4 is 35.8 Å². The third kappa shape index (κ3) is 7.88. The van der Waals surface area contributed by atoms with Crippen molar-refractivity contribution in [2.24, 2.45) is 10.9 Å². The van der Waals surface area contributed by atoms with Gasteiger partial charge in [0.25, 0.3) is 0 Å². The van der Waals surface area contributed by atoms with Crippen LogP contribution < -0.4 is 10.6 Å². The lowest BCUT2D eigenvalue weighted by atomic mass is 10.00. The molecule has 0 bridgehead atoms. The van der Waals surface area contributed by atoms with Crippen LogP contribution in [0.5, 0.6) is 0 Å². The molecular weight excluding hydrogens is 446 g/mol. The van der Waals surface area contributed by atoms with Gasteiger partial charge in [-0.05, 0) is 43.4 Å². The highest BCUT2D eigenvalue weighted by atomic mass is 127. The number of nitrogens with zero attached hydrogens (tertiary/aromatic N) is 2. The summed E-state index contributed by atoms with van der Waals surface area (Å²) in [6, 6.07) is 6.42. The van der Waals surface area contributed by atoms with Crippen molar-refractivity contribution in [1.29, 1.82) is 0 Å². The first-order valence-corrected chi connectivity index (χ1v) is 9.13. The number of carbonyl (C=O) groups is 1. The minimum atomic E-state index is -0.257. The molecule has 1 amide bonds. The monoisotopic (exact) mass is 476 g/mol. The number of guanidine groups is 1. The number of benzene rings is 1. The average molecular weight is 476 g/mol. The summed E-state index contributed by atoms with van der Waals surface area (Å²) >= 11 is 0. The molecule has 7 heteroatoms. The van der Waals surface area contributed by atoms with Crippen molar-refractivity contribution in [3.05, 3.63) is 35.6 Å². The Kier molecular flexibility index (Phi) is 10.5. The molecular formula is C19H30FIN4O. The highest BCUT2D eigenvalue weighted by Crippen LogP contribution is 2.15. The van der Waals surface area contributed by atoms with E-state index in [0.717, 1.165) is 31.6 Å². The summed E-state index contributed by atoms with van der Waals surface area (Å²) in [7, 11) is 0. The first-order valence-electron chi connectivity index (χ1n) is 9.13. The maximum atomic E-state index is 13.2. The molecule has 1 fully saturated rings. The molecule has 1 aromatic rings. The minimum Gasteiger partial charge on any atom is -0.357 e. The van der Waals surface area contributed by atoms with Crippen LogP contribution in [-0.2, 0) is 11.3 Å². The van der Waals surface area contributed by atoms with E-state index in [2.05, 4.69) is 22.5 Å². The number of halogens is 2. The first kappa shape index (κ1) is 22.7. The van der Waals surface area contributed by atoms with Gasteiger partial charge in [-0.25, -0.2) is 9.38 Å². The van der Waals surface area contributed by atoms with Gasteiger partial charge in [-0.1, -0.05) is 19.1 Å². The summed E-state index contributed by atoms with van der Waals surface area (Å²) in [4.78, 5) is 18.7. The number of hydrogen-bond acceptors (Lipinski definition) is 2. The van der Waals surface area contributed by atoms with Gasteiger partial charge in [-0.2, -0.15) is 0 Å². The SMILES string of the molecule is CCNC(=NCc1cccc(F)c1)NCCC(=O)N1CCCC(C)C1.I. The van der Waals surface area contributed by atoms with Crippen LogP contribution in [0, 0.1) is 11.7 Å². The van der Waals surface area contributed by atoms with E-state index in [1.165, 1.54) is 18.6 Å². The standard InChI is InChI=1S/C19H29FN4O.HI/c1-3-21-19(23-13-16-7-4-8-17(20)12-16)22-10-9-18(25)24-11-5-6-15(2)14-24;/h4,7-8,12,15H,3,5-6,9-11,13-14H2,1-2H3,(H2,21,22,23);1H. The molecule has 26 heavy (non-hydrogen) atoms. The summed E-state index contributed by atoms with van der Waals surface area (Å²) in [6.07, 6.45) is 2.76. The molecule has 0 saturated carbocycles. The molecule has 2 rings (SSSR count). The quantitative estimate of drug-likeness (QED) is 0.377. The topological polar surface area (TPSA) is 56.7 Å². The van der Waals surface area contributed by atoms with E-state index < -0.39 is 0 Å². The van der Waals surface area contributed by atoms with Crippen molar-refractivity contribution in [1.82, 2.24) is 15.5 Å². The Morgan fingerprint density at radius 2 is 2.19 bits per heavy atom. The Labute approximate surface area is 172 Å². The Morgan fingerprint density at radius 1 is 1.38 bits per heavy atom. The molecule has 2 N–H and O–H groups in total. The molecule has 1 unspecified atom stereocenters. The number of hydrogen-bond donors (Lipinski definition) is 2. The fourth-order valence-electron chi connectivity index (χ4n) is 3.01. The van der Waals surface area contributed by atoms with Gasteiger partial charge in [-0.15, -0.1) is 24.0 Å². The lowest BCUT2D eigenvalue weighted by molar-refractivity contribution is -0.132. The molecule has 0 radical (unpaired) electrons. The maximum absolute atomic E-state index is 13.2. The summed E-state index contributed by atoms with van der Waals surface area (Å²) in [5.74, 6) is 1.18. The van der Waals surface area contributed by atoms with Crippen LogP contribution in [0.15, 0.2) is 29.3 Å². The molecule has 1 heterocycles. The second-order valence-corrected chi connectivity index (χ2v) is 6.59. The summed E-state index contributed by atoms with van der Waals surface area (Å²) in [6.45, 7) is 7.58. The van der Waals surface area contributed by atoms with E-state index in [9.17, 15) is 9.18 Å². The van der Waals surface area contributed by atoms with Gasteiger partial charge in [0.05, 0.1) is 6.54 Å². The van der Waals surface area contributed by atoms with Crippen LogP contribution in [-0.4, -0.2) is 42.9 Å².